The molecule has 10 heteroatoms. The van der Waals surface area contributed by atoms with Crippen LogP contribution in [0.3, 0.4) is 0 Å². The third kappa shape index (κ3) is 10.8. The third-order valence-electron chi connectivity index (χ3n) is 5.25. The van der Waals surface area contributed by atoms with Gasteiger partial charge in [-0.05, 0) is 68.8 Å². The van der Waals surface area contributed by atoms with E-state index in [2.05, 4.69) is 5.32 Å². The first-order chi connectivity index (χ1) is 15.5. The molecule has 35 heavy (non-hydrogen) atoms. The quantitative estimate of drug-likeness (QED) is 0.232. The fourth-order valence-corrected chi connectivity index (χ4v) is 3.59. The molecule has 0 spiro atoms. The molecule has 1 saturated heterocycles. The molecule has 0 saturated carbocycles. The summed E-state index contributed by atoms with van der Waals surface area (Å²) in [6.07, 6.45) is 6.20. The van der Waals surface area contributed by atoms with Crippen LogP contribution in [0.4, 0.5) is 5.69 Å². The van der Waals surface area contributed by atoms with Gasteiger partial charge in [0.15, 0.2) is 0 Å². The minimum atomic E-state index is -0.269. The number of nitrogens with one attached hydrogen (secondary N) is 2. The molecule has 1 fully saturated rings. The van der Waals surface area contributed by atoms with Crippen molar-refractivity contribution in [2.24, 2.45) is 5.73 Å². The van der Waals surface area contributed by atoms with Crippen LogP contribution in [0.5, 0.6) is 5.75 Å². The van der Waals surface area contributed by atoms with Gasteiger partial charge in [0.1, 0.15) is 24.2 Å². The molecular weight excluding hydrogens is 511 g/mol. The number of ether oxygens (including phenoxy) is 2. The van der Waals surface area contributed by atoms with E-state index in [9.17, 15) is 4.79 Å². The smallest absolute Gasteiger partial charge is 0.325 e. The van der Waals surface area contributed by atoms with E-state index in [-0.39, 0.29) is 61.7 Å². The van der Waals surface area contributed by atoms with Gasteiger partial charge in [-0.2, -0.15) is 0 Å². The van der Waals surface area contributed by atoms with Crippen molar-refractivity contribution in [2.75, 3.05) is 37.7 Å². The van der Waals surface area contributed by atoms with E-state index in [1.807, 2.05) is 59.5 Å². The second-order valence-corrected chi connectivity index (χ2v) is 7.69. The zero-order valence-electron chi connectivity index (χ0n) is 19.8. The van der Waals surface area contributed by atoms with E-state index in [1.54, 1.807) is 13.0 Å². The summed E-state index contributed by atoms with van der Waals surface area (Å²) < 4.78 is 11.2. The predicted octanol–water partition coefficient (Wildman–Crippen LogP) is 4.45. The average molecular weight is 546 g/mol. The number of rotatable bonds is 10. The standard InChI is InChI=1S/C25H32N4O3.3ClH/c1-2-31-24(30)18-29(16-4-6-19-5-3-7-20(17-19)25(26)27)21-8-10-22(11-9-21)32-23-12-14-28-15-13-23;;;/h3-11,17,23,28H,2,12-16,18H2,1H3,(H3,26,27);3*1H/b6-4+;;;. The molecule has 0 bridgehead atoms. The molecular formula is C25H35Cl3N4O3. The number of amidine groups is 1. The van der Waals surface area contributed by atoms with Crippen LogP contribution in [0.15, 0.2) is 54.6 Å². The topological polar surface area (TPSA) is 101 Å². The lowest BCUT2D eigenvalue weighted by atomic mass is 10.1. The van der Waals surface area contributed by atoms with Gasteiger partial charge in [0.25, 0.3) is 0 Å². The van der Waals surface area contributed by atoms with Crippen molar-refractivity contribution in [3.05, 3.63) is 65.7 Å². The van der Waals surface area contributed by atoms with Gasteiger partial charge < -0.3 is 25.4 Å². The van der Waals surface area contributed by atoms with Gasteiger partial charge >= 0.3 is 5.97 Å². The molecule has 2 aromatic carbocycles. The number of esters is 1. The number of anilines is 1. The summed E-state index contributed by atoms with van der Waals surface area (Å²) >= 11 is 0. The first kappa shape index (κ1) is 32.6. The number of nitrogens with zero attached hydrogens (tertiary/aromatic N) is 1. The first-order valence-electron chi connectivity index (χ1n) is 11.0. The number of piperidine rings is 1. The monoisotopic (exact) mass is 544 g/mol. The number of carbonyl (C=O) groups excluding carboxylic acids is 1. The van der Waals surface area contributed by atoms with Crippen molar-refractivity contribution in [1.82, 2.24) is 5.32 Å². The molecule has 2 aromatic rings. The first-order valence-corrected chi connectivity index (χ1v) is 11.0. The van der Waals surface area contributed by atoms with Crippen LogP contribution in [0.2, 0.25) is 0 Å². The highest BCUT2D eigenvalue weighted by Gasteiger charge is 2.15. The molecule has 194 valence electrons. The molecule has 0 aliphatic carbocycles. The molecule has 0 amide bonds. The van der Waals surface area contributed by atoms with Gasteiger partial charge in [-0.1, -0.05) is 30.4 Å². The summed E-state index contributed by atoms with van der Waals surface area (Å²) in [6.45, 7) is 4.80. The molecule has 0 aromatic heterocycles. The molecule has 1 aliphatic rings. The molecule has 1 aliphatic heterocycles. The minimum Gasteiger partial charge on any atom is -0.490 e. The molecule has 0 radical (unpaired) electrons. The summed E-state index contributed by atoms with van der Waals surface area (Å²) in [7, 11) is 0. The Labute approximate surface area is 226 Å². The Bertz CT molecular complexity index is 936. The van der Waals surface area contributed by atoms with Crippen LogP contribution in [-0.4, -0.2) is 50.7 Å². The van der Waals surface area contributed by atoms with Gasteiger partial charge in [-0.3, -0.25) is 10.2 Å². The van der Waals surface area contributed by atoms with E-state index in [0.29, 0.717) is 18.7 Å². The maximum Gasteiger partial charge on any atom is 0.325 e. The number of benzene rings is 2. The van der Waals surface area contributed by atoms with E-state index >= 15 is 0 Å². The number of carbonyl (C=O) groups is 1. The average Bonchev–Trinajstić information content (AvgIpc) is 2.80. The number of hydrogen-bond donors (Lipinski definition) is 3. The van der Waals surface area contributed by atoms with E-state index < -0.39 is 0 Å². The van der Waals surface area contributed by atoms with Crippen molar-refractivity contribution in [1.29, 1.82) is 5.41 Å². The second kappa shape index (κ2) is 17.1. The van der Waals surface area contributed by atoms with Crippen LogP contribution in [0.1, 0.15) is 30.9 Å². The van der Waals surface area contributed by atoms with E-state index in [1.165, 1.54) is 0 Å². The highest BCUT2D eigenvalue weighted by Crippen LogP contribution is 2.22. The van der Waals surface area contributed by atoms with E-state index in [4.69, 9.17) is 20.6 Å². The number of nitrogen functional groups attached to an aromatic ring is 1. The highest BCUT2D eigenvalue weighted by atomic mass is 35.5. The zero-order chi connectivity index (χ0) is 22.8. The molecule has 0 unspecified atom stereocenters. The van der Waals surface area contributed by atoms with Gasteiger partial charge in [0, 0.05) is 17.8 Å². The van der Waals surface area contributed by atoms with Crippen LogP contribution in [0, 0.1) is 5.41 Å². The Morgan fingerprint density at radius 3 is 2.46 bits per heavy atom. The lowest BCUT2D eigenvalue weighted by Gasteiger charge is -2.25. The van der Waals surface area contributed by atoms with Crippen molar-refractivity contribution < 1.29 is 14.3 Å². The Morgan fingerprint density at radius 2 is 1.83 bits per heavy atom. The maximum absolute atomic E-state index is 12.2. The van der Waals surface area contributed by atoms with Crippen molar-refractivity contribution in [2.45, 2.75) is 25.9 Å². The van der Waals surface area contributed by atoms with Gasteiger partial charge in [-0.15, -0.1) is 37.2 Å². The number of halogens is 3. The number of hydrogen-bond acceptors (Lipinski definition) is 6. The zero-order valence-corrected chi connectivity index (χ0v) is 22.2. The summed E-state index contributed by atoms with van der Waals surface area (Å²) in [5.41, 5.74) is 8.12. The molecule has 3 rings (SSSR count). The van der Waals surface area contributed by atoms with Crippen molar-refractivity contribution >= 4 is 60.8 Å². The maximum atomic E-state index is 12.2. The van der Waals surface area contributed by atoms with Crippen LogP contribution in [-0.2, 0) is 9.53 Å². The minimum absolute atomic E-state index is 0. The number of nitrogens with two attached hydrogens (primary N) is 1. The summed E-state index contributed by atoms with van der Waals surface area (Å²) in [5.74, 6) is 0.610. The third-order valence-corrected chi connectivity index (χ3v) is 5.25. The Morgan fingerprint density at radius 1 is 1.14 bits per heavy atom. The summed E-state index contributed by atoms with van der Waals surface area (Å²) in [4.78, 5) is 14.1. The predicted molar refractivity (Wildman–Crippen MR) is 150 cm³/mol. The van der Waals surface area contributed by atoms with Crippen molar-refractivity contribution in [3.63, 3.8) is 0 Å². The van der Waals surface area contributed by atoms with Crippen LogP contribution in [0.25, 0.3) is 6.08 Å². The van der Waals surface area contributed by atoms with Crippen LogP contribution >= 0.6 is 37.2 Å². The van der Waals surface area contributed by atoms with Crippen LogP contribution < -0.4 is 20.7 Å². The molecule has 7 nitrogen and oxygen atoms in total. The van der Waals surface area contributed by atoms with Crippen molar-refractivity contribution in [3.8, 4) is 5.75 Å². The Balaban J connectivity index is 0.00000385. The Kier molecular flexibility index (Phi) is 15.9. The fraction of sp³-hybridized carbons (Fsp3) is 0.360. The molecule has 0 atom stereocenters. The fourth-order valence-electron chi connectivity index (χ4n) is 3.59. The highest BCUT2D eigenvalue weighted by molar-refractivity contribution is 5.95. The van der Waals surface area contributed by atoms with Gasteiger partial charge in [0.2, 0.25) is 0 Å². The van der Waals surface area contributed by atoms with E-state index in [0.717, 1.165) is 42.9 Å². The second-order valence-electron chi connectivity index (χ2n) is 7.69. The lowest BCUT2D eigenvalue weighted by Crippen LogP contribution is -2.34. The summed E-state index contributed by atoms with van der Waals surface area (Å²) in [5, 5.41) is 10.9. The van der Waals surface area contributed by atoms with Gasteiger partial charge in [0.05, 0.1) is 6.61 Å². The Hall–Kier alpha value is -2.45. The summed E-state index contributed by atoms with van der Waals surface area (Å²) in [6, 6.07) is 15.3. The molecule has 1 heterocycles. The largest absolute Gasteiger partial charge is 0.490 e. The lowest BCUT2D eigenvalue weighted by molar-refractivity contribution is -0.141. The SMILES string of the molecule is CCOC(=O)CN(C/C=C/c1cccc(C(=N)N)c1)c1ccc(OC2CCNCC2)cc1.Cl.Cl.Cl. The normalized spacial score (nSPS) is 13.1. The van der Waals surface area contributed by atoms with Gasteiger partial charge in [-0.25, -0.2) is 0 Å². The molecule has 4 N–H and O–H groups in total.